The minimum atomic E-state index is -3.77. The zero-order chi connectivity index (χ0) is 24.4. The molecule has 9 heteroatoms. The number of rotatable bonds is 11. The summed E-state index contributed by atoms with van der Waals surface area (Å²) < 4.78 is 40.8. The van der Waals surface area contributed by atoms with Gasteiger partial charge >= 0.3 is 5.97 Å². The van der Waals surface area contributed by atoms with Crippen LogP contribution in [0.15, 0.2) is 82.8 Å². The van der Waals surface area contributed by atoms with Crippen LogP contribution in [-0.2, 0) is 10.0 Å². The molecule has 0 spiro atoms. The van der Waals surface area contributed by atoms with E-state index in [2.05, 4.69) is 16.9 Å². The molecule has 0 heterocycles. The number of hydrogen-bond donors (Lipinski definition) is 1. The second kappa shape index (κ2) is 11.9. The van der Waals surface area contributed by atoms with Crippen LogP contribution in [0.2, 0.25) is 0 Å². The summed E-state index contributed by atoms with van der Waals surface area (Å²) in [5.41, 5.74) is 0.909. The maximum atomic E-state index is 12.5. The molecule has 0 atom stereocenters. The van der Waals surface area contributed by atoms with Crippen molar-refractivity contribution in [1.29, 1.82) is 0 Å². The number of hydrogen-bond acceptors (Lipinski definition) is 7. The summed E-state index contributed by atoms with van der Waals surface area (Å²) in [4.78, 5) is 14.8. The molecule has 3 rings (SSSR count). The van der Waals surface area contributed by atoms with Crippen molar-refractivity contribution in [2.24, 2.45) is 5.10 Å². The van der Waals surface area contributed by atoms with E-state index >= 15 is 0 Å². The van der Waals surface area contributed by atoms with E-state index in [1.54, 1.807) is 60.7 Å². The molecule has 0 aromatic heterocycles. The molecule has 34 heavy (non-hydrogen) atoms. The average molecular weight is 483 g/mol. The number of sulfonamides is 1. The molecule has 0 amide bonds. The molecule has 0 unspecified atom stereocenters. The van der Waals surface area contributed by atoms with Crippen molar-refractivity contribution in [2.45, 2.75) is 24.7 Å². The van der Waals surface area contributed by atoms with E-state index < -0.39 is 16.0 Å². The summed E-state index contributed by atoms with van der Waals surface area (Å²) in [6.45, 7) is 2.71. The van der Waals surface area contributed by atoms with E-state index in [4.69, 9.17) is 14.2 Å². The van der Waals surface area contributed by atoms with Crippen molar-refractivity contribution >= 4 is 22.2 Å². The second-order valence-electron chi connectivity index (χ2n) is 7.19. The Kier molecular flexibility index (Phi) is 8.64. The van der Waals surface area contributed by atoms with E-state index in [0.717, 1.165) is 12.8 Å². The van der Waals surface area contributed by atoms with E-state index in [1.165, 1.54) is 25.5 Å². The van der Waals surface area contributed by atoms with Gasteiger partial charge in [0.15, 0.2) is 11.5 Å². The van der Waals surface area contributed by atoms with Gasteiger partial charge in [-0.2, -0.15) is 13.5 Å². The zero-order valence-corrected chi connectivity index (χ0v) is 19.7. The number of nitrogens with zero attached hydrogens (tertiary/aromatic N) is 1. The first-order chi connectivity index (χ1) is 16.4. The molecule has 0 aliphatic carbocycles. The Balaban J connectivity index is 1.64. The zero-order valence-electron chi connectivity index (χ0n) is 18.9. The molecule has 0 aliphatic rings. The molecule has 0 saturated heterocycles. The van der Waals surface area contributed by atoms with Gasteiger partial charge in [0, 0.05) is 0 Å². The SMILES string of the molecule is CCCCOc1ccc(C(=O)Oc2ccc(/C=N\NS(=O)(=O)c3ccccc3)cc2OC)cc1. The number of carbonyl (C=O) groups excluding carboxylic acids is 1. The molecule has 8 nitrogen and oxygen atoms in total. The van der Waals surface area contributed by atoms with Crippen LogP contribution in [0.25, 0.3) is 0 Å². The Morgan fingerprint density at radius 1 is 1.00 bits per heavy atom. The summed E-state index contributed by atoms with van der Waals surface area (Å²) in [6, 6.07) is 19.4. The third kappa shape index (κ3) is 6.82. The van der Waals surface area contributed by atoms with Gasteiger partial charge in [0.25, 0.3) is 10.0 Å². The van der Waals surface area contributed by atoms with Gasteiger partial charge in [0.2, 0.25) is 0 Å². The largest absolute Gasteiger partial charge is 0.494 e. The maximum absolute atomic E-state index is 12.5. The Morgan fingerprint density at radius 3 is 2.41 bits per heavy atom. The van der Waals surface area contributed by atoms with Crippen LogP contribution in [0, 0.1) is 0 Å². The van der Waals surface area contributed by atoms with E-state index in [-0.39, 0.29) is 10.6 Å². The predicted octanol–water partition coefficient (Wildman–Crippen LogP) is 4.41. The fourth-order valence-electron chi connectivity index (χ4n) is 2.85. The highest BCUT2D eigenvalue weighted by Gasteiger charge is 2.14. The molecule has 0 saturated carbocycles. The Labute approximate surface area is 199 Å². The molecule has 1 N–H and O–H groups in total. The van der Waals surface area contributed by atoms with Crippen LogP contribution in [-0.4, -0.2) is 34.3 Å². The number of nitrogens with one attached hydrogen (secondary N) is 1. The lowest BCUT2D eigenvalue weighted by Crippen LogP contribution is -2.18. The summed E-state index contributed by atoms with van der Waals surface area (Å²) in [5.74, 6) is 0.657. The Bertz CT molecular complexity index is 1230. The fourth-order valence-corrected chi connectivity index (χ4v) is 3.66. The van der Waals surface area contributed by atoms with E-state index in [9.17, 15) is 13.2 Å². The van der Waals surface area contributed by atoms with Crippen molar-refractivity contribution in [1.82, 2.24) is 4.83 Å². The molecule has 178 valence electrons. The minimum Gasteiger partial charge on any atom is -0.494 e. The van der Waals surface area contributed by atoms with Gasteiger partial charge in [-0.1, -0.05) is 31.5 Å². The van der Waals surface area contributed by atoms with Crippen molar-refractivity contribution in [3.05, 3.63) is 83.9 Å². The van der Waals surface area contributed by atoms with Crippen molar-refractivity contribution in [3.8, 4) is 17.2 Å². The predicted molar refractivity (Wildman–Crippen MR) is 129 cm³/mol. The van der Waals surface area contributed by atoms with Crippen LogP contribution in [0.5, 0.6) is 17.2 Å². The standard InChI is InChI=1S/C25H26N2O6S/c1-3-4-16-32-21-13-11-20(12-14-21)25(28)33-23-15-10-19(17-24(23)31-2)18-26-27-34(29,30)22-8-6-5-7-9-22/h5-15,17-18,27H,3-4,16H2,1-2H3/b26-18-. The number of hydrazone groups is 1. The lowest BCUT2D eigenvalue weighted by molar-refractivity contribution is 0.0729. The summed E-state index contributed by atoms with van der Waals surface area (Å²) >= 11 is 0. The second-order valence-corrected chi connectivity index (χ2v) is 8.85. The first kappa shape index (κ1) is 24.8. The molecule has 0 aliphatic heterocycles. The van der Waals surface area contributed by atoms with Crippen molar-refractivity contribution < 1.29 is 27.4 Å². The number of esters is 1. The van der Waals surface area contributed by atoms with Crippen LogP contribution in [0.3, 0.4) is 0 Å². The molecule has 3 aromatic carbocycles. The fraction of sp³-hybridized carbons (Fsp3) is 0.200. The van der Waals surface area contributed by atoms with Gasteiger partial charge in [-0.25, -0.2) is 9.63 Å². The van der Waals surface area contributed by atoms with Crippen molar-refractivity contribution in [3.63, 3.8) is 0 Å². The highest BCUT2D eigenvalue weighted by molar-refractivity contribution is 7.89. The first-order valence-corrected chi connectivity index (χ1v) is 12.1. The molecule has 3 aromatic rings. The third-order valence-corrected chi connectivity index (χ3v) is 5.93. The van der Waals surface area contributed by atoms with Gasteiger partial charge < -0.3 is 14.2 Å². The van der Waals surface area contributed by atoms with Gasteiger partial charge in [-0.15, -0.1) is 0 Å². The third-order valence-electron chi connectivity index (χ3n) is 4.69. The summed E-state index contributed by atoms with van der Waals surface area (Å²) in [6.07, 6.45) is 3.33. The van der Waals surface area contributed by atoms with E-state index in [1.807, 2.05) is 0 Å². The number of methoxy groups -OCH3 is 1. The normalized spacial score (nSPS) is 11.2. The van der Waals surface area contributed by atoms with Crippen LogP contribution >= 0.6 is 0 Å². The monoisotopic (exact) mass is 482 g/mol. The smallest absolute Gasteiger partial charge is 0.343 e. The molecule has 0 radical (unpaired) electrons. The summed E-state index contributed by atoms with van der Waals surface area (Å²) in [5, 5.41) is 3.80. The Morgan fingerprint density at radius 2 is 1.74 bits per heavy atom. The number of ether oxygens (including phenoxy) is 3. The number of benzene rings is 3. The lowest BCUT2D eigenvalue weighted by Gasteiger charge is -2.10. The van der Waals surface area contributed by atoms with Gasteiger partial charge in [0.1, 0.15) is 5.75 Å². The minimum absolute atomic E-state index is 0.104. The number of carbonyl (C=O) groups is 1. The quantitative estimate of drug-likeness (QED) is 0.143. The molecular weight excluding hydrogens is 456 g/mol. The number of unbranched alkanes of at least 4 members (excludes halogenated alkanes) is 1. The maximum Gasteiger partial charge on any atom is 0.343 e. The topological polar surface area (TPSA) is 103 Å². The van der Waals surface area contributed by atoms with Gasteiger partial charge in [-0.05, 0) is 66.6 Å². The average Bonchev–Trinajstić information content (AvgIpc) is 2.86. The molecule has 0 bridgehead atoms. The highest BCUT2D eigenvalue weighted by Crippen LogP contribution is 2.28. The lowest BCUT2D eigenvalue weighted by atomic mass is 10.2. The molecule has 0 fully saturated rings. The highest BCUT2D eigenvalue weighted by atomic mass is 32.2. The van der Waals surface area contributed by atoms with E-state index in [0.29, 0.717) is 29.2 Å². The Hall–Kier alpha value is -3.85. The van der Waals surface area contributed by atoms with Gasteiger partial charge in [0.05, 0.1) is 30.4 Å². The van der Waals surface area contributed by atoms with Crippen LogP contribution in [0.4, 0.5) is 0 Å². The van der Waals surface area contributed by atoms with Crippen LogP contribution < -0.4 is 19.0 Å². The van der Waals surface area contributed by atoms with Crippen molar-refractivity contribution in [2.75, 3.05) is 13.7 Å². The molecular formula is C25H26N2O6S. The van der Waals surface area contributed by atoms with Gasteiger partial charge in [-0.3, -0.25) is 0 Å². The van der Waals surface area contributed by atoms with Crippen LogP contribution in [0.1, 0.15) is 35.7 Å². The summed E-state index contributed by atoms with van der Waals surface area (Å²) in [7, 11) is -2.33. The first-order valence-electron chi connectivity index (χ1n) is 10.7.